The third-order valence-electron chi connectivity index (χ3n) is 3.70. The lowest BCUT2D eigenvalue weighted by molar-refractivity contribution is 0.0936. The molecular formula is C19H25ClN2O. The Balaban J connectivity index is 0.00000264. The van der Waals surface area contributed by atoms with Gasteiger partial charge in [-0.3, -0.25) is 4.79 Å². The first-order valence-corrected chi connectivity index (χ1v) is 7.61. The summed E-state index contributed by atoms with van der Waals surface area (Å²) >= 11 is 0. The van der Waals surface area contributed by atoms with Gasteiger partial charge >= 0.3 is 0 Å². The minimum Gasteiger partial charge on any atom is -0.351 e. The first-order valence-electron chi connectivity index (χ1n) is 7.61. The Kier molecular flexibility index (Phi) is 7.27. The minimum absolute atomic E-state index is 0. The standard InChI is InChI=1S/C19H24N2O.ClH/c1-19(2,12-15-6-4-3-5-7-15)14-21-18(22)17-10-8-16(13-20)9-11-17;/h3-11H,12-14,20H2,1-2H3,(H,21,22);1H. The predicted octanol–water partition coefficient (Wildman–Crippen LogP) is 3.57. The molecule has 0 spiro atoms. The molecule has 0 aliphatic carbocycles. The third kappa shape index (κ3) is 6.05. The fourth-order valence-electron chi connectivity index (χ4n) is 2.42. The Morgan fingerprint density at radius 3 is 2.17 bits per heavy atom. The summed E-state index contributed by atoms with van der Waals surface area (Å²) in [5.41, 5.74) is 8.56. The second-order valence-electron chi connectivity index (χ2n) is 6.41. The second kappa shape index (κ2) is 8.70. The van der Waals surface area contributed by atoms with Gasteiger partial charge in [0.25, 0.3) is 5.91 Å². The number of hydrogen-bond acceptors (Lipinski definition) is 2. The number of halogens is 1. The van der Waals surface area contributed by atoms with E-state index in [9.17, 15) is 4.79 Å². The molecule has 0 fully saturated rings. The number of nitrogens with two attached hydrogens (primary N) is 1. The molecule has 0 bridgehead atoms. The van der Waals surface area contributed by atoms with Crippen LogP contribution in [0.15, 0.2) is 54.6 Å². The van der Waals surface area contributed by atoms with Crippen LogP contribution in [0.25, 0.3) is 0 Å². The van der Waals surface area contributed by atoms with E-state index in [-0.39, 0.29) is 23.7 Å². The molecule has 0 heterocycles. The number of hydrogen-bond donors (Lipinski definition) is 2. The molecule has 1 amide bonds. The summed E-state index contributed by atoms with van der Waals surface area (Å²) in [6.07, 6.45) is 0.931. The summed E-state index contributed by atoms with van der Waals surface area (Å²) in [4.78, 5) is 12.2. The van der Waals surface area contributed by atoms with E-state index in [0.29, 0.717) is 18.7 Å². The van der Waals surface area contributed by atoms with Gasteiger partial charge < -0.3 is 11.1 Å². The zero-order chi connectivity index (χ0) is 16.0. The van der Waals surface area contributed by atoms with E-state index < -0.39 is 0 Å². The zero-order valence-electron chi connectivity index (χ0n) is 13.7. The first-order chi connectivity index (χ1) is 10.5. The highest BCUT2D eigenvalue weighted by atomic mass is 35.5. The third-order valence-corrected chi connectivity index (χ3v) is 3.70. The summed E-state index contributed by atoms with van der Waals surface area (Å²) in [5.74, 6) is -0.0373. The van der Waals surface area contributed by atoms with Crippen LogP contribution in [0, 0.1) is 5.41 Å². The van der Waals surface area contributed by atoms with E-state index in [0.717, 1.165) is 12.0 Å². The van der Waals surface area contributed by atoms with Crippen LogP contribution in [0.3, 0.4) is 0 Å². The minimum atomic E-state index is -0.0373. The largest absolute Gasteiger partial charge is 0.351 e. The molecule has 4 heteroatoms. The molecule has 0 aliphatic heterocycles. The van der Waals surface area contributed by atoms with Crippen molar-refractivity contribution in [2.75, 3.05) is 6.54 Å². The van der Waals surface area contributed by atoms with Crippen LogP contribution >= 0.6 is 12.4 Å². The van der Waals surface area contributed by atoms with Crippen LogP contribution in [-0.2, 0) is 13.0 Å². The summed E-state index contributed by atoms with van der Waals surface area (Å²) in [5, 5.41) is 3.03. The van der Waals surface area contributed by atoms with Gasteiger partial charge in [0.05, 0.1) is 0 Å². The summed E-state index contributed by atoms with van der Waals surface area (Å²) < 4.78 is 0. The zero-order valence-corrected chi connectivity index (χ0v) is 14.5. The van der Waals surface area contributed by atoms with Crippen molar-refractivity contribution < 1.29 is 4.79 Å². The molecule has 0 atom stereocenters. The van der Waals surface area contributed by atoms with Gasteiger partial charge in [-0.2, -0.15) is 0 Å². The Hall–Kier alpha value is -1.84. The molecule has 124 valence electrons. The lowest BCUT2D eigenvalue weighted by Crippen LogP contribution is -2.35. The van der Waals surface area contributed by atoms with Crippen LogP contribution in [0.5, 0.6) is 0 Å². The highest BCUT2D eigenvalue weighted by Gasteiger charge is 2.19. The Labute approximate surface area is 144 Å². The lowest BCUT2D eigenvalue weighted by Gasteiger charge is -2.25. The van der Waals surface area contributed by atoms with E-state index in [1.165, 1.54) is 5.56 Å². The van der Waals surface area contributed by atoms with Crippen molar-refractivity contribution in [1.29, 1.82) is 0 Å². The summed E-state index contributed by atoms with van der Waals surface area (Å²) in [6, 6.07) is 17.8. The van der Waals surface area contributed by atoms with E-state index in [1.54, 1.807) is 0 Å². The van der Waals surface area contributed by atoms with Crippen molar-refractivity contribution in [2.24, 2.45) is 11.1 Å². The van der Waals surface area contributed by atoms with Gasteiger partial charge in [-0.15, -0.1) is 12.4 Å². The summed E-state index contributed by atoms with van der Waals surface area (Å²) in [6.45, 7) is 5.46. The maximum atomic E-state index is 12.2. The van der Waals surface area contributed by atoms with Crippen LogP contribution < -0.4 is 11.1 Å². The normalized spacial score (nSPS) is 10.7. The predicted molar refractivity (Wildman–Crippen MR) is 97.8 cm³/mol. The average Bonchev–Trinajstić information content (AvgIpc) is 2.53. The fourth-order valence-corrected chi connectivity index (χ4v) is 2.42. The molecule has 23 heavy (non-hydrogen) atoms. The van der Waals surface area contributed by atoms with Crippen LogP contribution in [0.4, 0.5) is 0 Å². The lowest BCUT2D eigenvalue weighted by atomic mass is 9.85. The van der Waals surface area contributed by atoms with Crippen molar-refractivity contribution in [3.63, 3.8) is 0 Å². The monoisotopic (exact) mass is 332 g/mol. The van der Waals surface area contributed by atoms with E-state index in [2.05, 4.69) is 31.3 Å². The van der Waals surface area contributed by atoms with Crippen molar-refractivity contribution in [3.8, 4) is 0 Å². The maximum absolute atomic E-state index is 12.2. The van der Waals surface area contributed by atoms with Crippen molar-refractivity contribution in [3.05, 3.63) is 71.3 Å². The summed E-state index contributed by atoms with van der Waals surface area (Å²) in [7, 11) is 0. The number of rotatable bonds is 6. The first kappa shape index (κ1) is 19.2. The highest BCUT2D eigenvalue weighted by molar-refractivity contribution is 5.94. The van der Waals surface area contributed by atoms with E-state index >= 15 is 0 Å². The van der Waals surface area contributed by atoms with Gasteiger partial charge in [0.2, 0.25) is 0 Å². The molecule has 0 unspecified atom stereocenters. The molecule has 0 aliphatic rings. The van der Waals surface area contributed by atoms with E-state index in [1.807, 2.05) is 42.5 Å². The van der Waals surface area contributed by atoms with Gasteiger partial charge in [0.15, 0.2) is 0 Å². The quantitative estimate of drug-likeness (QED) is 0.849. The van der Waals surface area contributed by atoms with Crippen LogP contribution in [0.2, 0.25) is 0 Å². The van der Waals surface area contributed by atoms with Gasteiger partial charge in [-0.25, -0.2) is 0 Å². The number of amides is 1. The molecule has 2 rings (SSSR count). The van der Waals surface area contributed by atoms with Gasteiger partial charge in [0, 0.05) is 18.7 Å². The molecule has 0 saturated carbocycles. The molecule has 2 aromatic carbocycles. The molecule has 3 N–H and O–H groups in total. The van der Waals surface area contributed by atoms with Crippen molar-refractivity contribution >= 4 is 18.3 Å². The fraction of sp³-hybridized carbons (Fsp3) is 0.316. The molecule has 0 aromatic heterocycles. The maximum Gasteiger partial charge on any atom is 0.251 e. The van der Waals surface area contributed by atoms with Crippen LogP contribution in [-0.4, -0.2) is 12.5 Å². The number of benzene rings is 2. The average molecular weight is 333 g/mol. The van der Waals surface area contributed by atoms with Crippen LogP contribution in [0.1, 0.15) is 35.3 Å². The number of carbonyl (C=O) groups is 1. The molecule has 0 saturated heterocycles. The molecular weight excluding hydrogens is 308 g/mol. The van der Waals surface area contributed by atoms with Crippen molar-refractivity contribution in [1.82, 2.24) is 5.32 Å². The number of nitrogens with one attached hydrogen (secondary N) is 1. The Morgan fingerprint density at radius 1 is 1.00 bits per heavy atom. The molecule has 3 nitrogen and oxygen atoms in total. The second-order valence-corrected chi connectivity index (χ2v) is 6.41. The smallest absolute Gasteiger partial charge is 0.251 e. The van der Waals surface area contributed by atoms with E-state index in [4.69, 9.17) is 5.73 Å². The number of carbonyl (C=O) groups excluding carboxylic acids is 1. The highest BCUT2D eigenvalue weighted by Crippen LogP contribution is 2.20. The molecule has 0 radical (unpaired) electrons. The van der Waals surface area contributed by atoms with Gasteiger partial charge in [-0.1, -0.05) is 56.3 Å². The van der Waals surface area contributed by atoms with Gasteiger partial charge in [0.1, 0.15) is 0 Å². The van der Waals surface area contributed by atoms with Crippen molar-refractivity contribution in [2.45, 2.75) is 26.8 Å². The Morgan fingerprint density at radius 2 is 1.61 bits per heavy atom. The molecule has 2 aromatic rings. The SMILES string of the molecule is CC(C)(CNC(=O)c1ccc(CN)cc1)Cc1ccccc1.Cl. The Bertz CT molecular complexity index is 609. The topological polar surface area (TPSA) is 55.1 Å². The van der Waals surface area contributed by atoms with Gasteiger partial charge in [-0.05, 0) is 35.1 Å².